The fourth-order valence-electron chi connectivity index (χ4n) is 2.28. The molecule has 2 N–H and O–H groups in total. The molecule has 86 valence electrons. The van der Waals surface area contributed by atoms with Gasteiger partial charge in [0.15, 0.2) is 0 Å². The van der Waals surface area contributed by atoms with Crippen molar-refractivity contribution in [3.63, 3.8) is 0 Å². The summed E-state index contributed by atoms with van der Waals surface area (Å²) < 4.78 is 0. The van der Waals surface area contributed by atoms with Crippen molar-refractivity contribution >= 4 is 5.69 Å². The fourth-order valence-corrected chi connectivity index (χ4v) is 2.28. The first-order chi connectivity index (χ1) is 6.99. The van der Waals surface area contributed by atoms with Gasteiger partial charge in [0, 0.05) is 25.2 Å². The van der Waals surface area contributed by atoms with E-state index in [0.29, 0.717) is 11.8 Å². The van der Waals surface area contributed by atoms with E-state index in [4.69, 9.17) is 5.73 Å². The molecule has 0 heterocycles. The Kier molecular flexibility index (Phi) is 6.25. The Morgan fingerprint density at radius 3 is 2.00 bits per heavy atom. The molecule has 0 saturated carbocycles. The van der Waals surface area contributed by atoms with Crippen molar-refractivity contribution in [2.24, 2.45) is 0 Å². The van der Waals surface area contributed by atoms with Gasteiger partial charge in [-0.2, -0.15) is 0 Å². The molecule has 1 aromatic carbocycles. The van der Waals surface area contributed by atoms with Crippen LogP contribution in [0.5, 0.6) is 0 Å². The molecule has 0 unspecified atom stereocenters. The quantitative estimate of drug-likeness (QED) is 0.650. The van der Waals surface area contributed by atoms with Crippen LogP contribution in [0.3, 0.4) is 0 Å². The largest absolute Gasteiger partial charge is 0.398 e. The molecule has 0 atom stereocenters. The molecule has 1 nitrogen and oxygen atoms in total. The Labute approximate surface area is 113 Å². The summed E-state index contributed by atoms with van der Waals surface area (Å²) >= 11 is 0. The minimum Gasteiger partial charge on any atom is -0.398 e. The van der Waals surface area contributed by atoms with Gasteiger partial charge in [-0.3, -0.25) is 0 Å². The maximum absolute atomic E-state index is 6.04. The second kappa shape index (κ2) is 6.40. The van der Waals surface area contributed by atoms with Gasteiger partial charge in [0.1, 0.15) is 0 Å². The average Bonchev–Trinajstić information content (AvgIpc) is 2.16. The molecule has 0 saturated heterocycles. The Bertz CT molecular complexity index is 343. The summed E-state index contributed by atoms with van der Waals surface area (Å²) in [5.41, 5.74) is 11.3. The minimum absolute atomic E-state index is 0. The zero-order chi connectivity index (χ0) is 11.6. The second-order valence-electron chi connectivity index (χ2n) is 4.80. The fraction of sp³-hybridized carbons (Fsp3) is 0.571. The molecule has 0 aliphatic carbocycles. The molecule has 0 aliphatic rings. The molecular formula is C14H23NZn. The number of anilines is 1. The van der Waals surface area contributed by atoms with Crippen LogP contribution in [0.1, 0.15) is 63.1 Å². The monoisotopic (exact) mass is 269 g/mol. The predicted octanol–water partition coefficient (Wildman–Crippen LogP) is 4.08. The van der Waals surface area contributed by atoms with E-state index in [0.717, 1.165) is 12.1 Å². The molecule has 1 rings (SSSR count). The Morgan fingerprint density at radius 1 is 1.06 bits per heavy atom. The number of benzene rings is 1. The summed E-state index contributed by atoms with van der Waals surface area (Å²) in [5.74, 6) is 1.13. The molecule has 0 fully saturated rings. The van der Waals surface area contributed by atoms with Gasteiger partial charge < -0.3 is 5.73 Å². The third kappa shape index (κ3) is 3.07. The smallest absolute Gasteiger partial charge is 0.0349 e. The maximum Gasteiger partial charge on any atom is 0.0349 e. The first-order valence-electron chi connectivity index (χ1n) is 5.90. The topological polar surface area (TPSA) is 26.0 Å². The predicted molar refractivity (Wildman–Crippen MR) is 68.4 cm³/mol. The van der Waals surface area contributed by atoms with Gasteiger partial charge in [-0.05, 0) is 41.0 Å². The van der Waals surface area contributed by atoms with Crippen LogP contribution in [0.2, 0.25) is 0 Å². The van der Waals surface area contributed by atoms with Crippen molar-refractivity contribution in [3.8, 4) is 0 Å². The molecule has 0 amide bonds. The summed E-state index contributed by atoms with van der Waals surface area (Å²) in [6.45, 7) is 11.2. The number of hydrogen-bond donors (Lipinski definition) is 1. The van der Waals surface area contributed by atoms with Crippen LogP contribution in [0.15, 0.2) is 12.1 Å². The number of hydrogen-bond acceptors (Lipinski definition) is 1. The van der Waals surface area contributed by atoms with Crippen molar-refractivity contribution in [3.05, 3.63) is 28.8 Å². The van der Waals surface area contributed by atoms with E-state index < -0.39 is 0 Å². The third-order valence-electron chi connectivity index (χ3n) is 2.98. The number of nitrogens with two attached hydrogens (primary N) is 1. The second-order valence-corrected chi connectivity index (χ2v) is 4.80. The number of rotatable bonds is 3. The van der Waals surface area contributed by atoms with Gasteiger partial charge in [-0.15, -0.1) is 0 Å². The molecular weight excluding hydrogens is 248 g/mol. The maximum atomic E-state index is 6.04. The van der Waals surface area contributed by atoms with Gasteiger partial charge in [-0.1, -0.05) is 40.7 Å². The normalized spacial score (nSPS) is 10.7. The third-order valence-corrected chi connectivity index (χ3v) is 2.98. The van der Waals surface area contributed by atoms with E-state index in [1.807, 2.05) is 0 Å². The standard InChI is InChI=1S/C14H23N.Zn/c1-6-11-13(15)8-7-12(9(2)3)14(11)10(4)5;/h7-10H,6,15H2,1-5H3;. The number of nitrogen functional groups attached to an aromatic ring is 1. The van der Waals surface area contributed by atoms with E-state index in [-0.39, 0.29) is 19.5 Å². The average molecular weight is 271 g/mol. The van der Waals surface area contributed by atoms with E-state index in [1.54, 1.807) is 0 Å². The Balaban J connectivity index is 0.00000225. The Morgan fingerprint density at radius 2 is 1.62 bits per heavy atom. The first-order valence-corrected chi connectivity index (χ1v) is 5.90. The molecule has 16 heavy (non-hydrogen) atoms. The van der Waals surface area contributed by atoms with Crippen LogP contribution in [0.4, 0.5) is 5.69 Å². The van der Waals surface area contributed by atoms with Gasteiger partial charge >= 0.3 is 0 Å². The van der Waals surface area contributed by atoms with Crippen LogP contribution >= 0.6 is 0 Å². The summed E-state index contributed by atoms with van der Waals surface area (Å²) in [5, 5.41) is 0. The van der Waals surface area contributed by atoms with Crippen LogP contribution in [-0.2, 0) is 25.9 Å². The summed E-state index contributed by atoms with van der Waals surface area (Å²) in [6, 6.07) is 4.24. The molecule has 1 aromatic rings. The minimum atomic E-state index is 0. The SMILES string of the molecule is CCc1c(N)ccc(C(C)C)c1C(C)C.[Zn]. The van der Waals surface area contributed by atoms with Gasteiger partial charge in [0.2, 0.25) is 0 Å². The Hall–Kier alpha value is -0.357. The van der Waals surface area contributed by atoms with Crippen molar-refractivity contribution in [1.82, 2.24) is 0 Å². The van der Waals surface area contributed by atoms with Gasteiger partial charge in [0.05, 0.1) is 0 Å². The van der Waals surface area contributed by atoms with Gasteiger partial charge in [0.25, 0.3) is 0 Å². The molecule has 0 radical (unpaired) electrons. The molecule has 0 aliphatic heterocycles. The summed E-state index contributed by atoms with van der Waals surface area (Å²) in [7, 11) is 0. The van der Waals surface area contributed by atoms with Crippen LogP contribution in [-0.4, -0.2) is 0 Å². The first kappa shape index (κ1) is 15.6. The molecule has 0 bridgehead atoms. The summed E-state index contributed by atoms with van der Waals surface area (Å²) in [6.07, 6.45) is 1.03. The van der Waals surface area contributed by atoms with Crippen LogP contribution in [0, 0.1) is 0 Å². The van der Waals surface area contributed by atoms with Crippen LogP contribution < -0.4 is 5.73 Å². The molecule has 2 heteroatoms. The van der Waals surface area contributed by atoms with Crippen molar-refractivity contribution in [2.75, 3.05) is 5.73 Å². The van der Waals surface area contributed by atoms with E-state index >= 15 is 0 Å². The zero-order valence-corrected chi connectivity index (χ0v) is 14.3. The van der Waals surface area contributed by atoms with Crippen LogP contribution in [0.25, 0.3) is 0 Å². The zero-order valence-electron chi connectivity index (χ0n) is 11.3. The van der Waals surface area contributed by atoms with E-state index in [1.165, 1.54) is 16.7 Å². The summed E-state index contributed by atoms with van der Waals surface area (Å²) in [4.78, 5) is 0. The van der Waals surface area contributed by atoms with Crippen molar-refractivity contribution in [2.45, 2.75) is 52.9 Å². The van der Waals surface area contributed by atoms with E-state index in [2.05, 4.69) is 46.8 Å². The van der Waals surface area contributed by atoms with Gasteiger partial charge in [-0.25, -0.2) is 0 Å². The molecule has 0 aromatic heterocycles. The van der Waals surface area contributed by atoms with E-state index in [9.17, 15) is 0 Å². The van der Waals surface area contributed by atoms with Crippen molar-refractivity contribution < 1.29 is 19.5 Å². The molecule has 0 spiro atoms. The van der Waals surface area contributed by atoms with Crippen molar-refractivity contribution in [1.29, 1.82) is 0 Å².